The van der Waals surface area contributed by atoms with Crippen molar-refractivity contribution in [3.8, 4) is 0 Å². The highest BCUT2D eigenvalue weighted by molar-refractivity contribution is 9.07. The van der Waals surface area contributed by atoms with Gasteiger partial charge in [-0.2, -0.15) is 4.03 Å². The van der Waals surface area contributed by atoms with E-state index in [2.05, 4.69) is 21.6 Å². The lowest BCUT2D eigenvalue weighted by Crippen LogP contribution is -2.50. The van der Waals surface area contributed by atoms with E-state index < -0.39 is 0 Å². The predicted octanol–water partition coefficient (Wildman–Crippen LogP) is 0.181. The Morgan fingerprint density at radius 2 is 2.50 bits per heavy atom. The first-order valence-corrected chi connectivity index (χ1v) is 4.64. The number of hydrogen-bond acceptors (Lipinski definition) is 4. The molecule has 0 atom stereocenters. The Kier molecular flexibility index (Phi) is 2.96. The van der Waals surface area contributed by atoms with Crippen molar-refractivity contribution in [3.63, 3.8) is 0 Å². The van der Waals surface area contributed by atoms with Crippen molar-refractivity contribution in [2.24, 2.45) is 0 Å². The van der Waals surface area contributed by atoms with Gasteiger partial charge in [0.15, 0.2) is 0 Å². The average molecular weight is 226 g/mol. The lowest BCUT2D eigenvalue weighted by Gasteiger charge is -2.29. The fourth-order valence-electron chi connectivity index (χ4n) is 0.649. The second-order valence-electron chi connectivity index (χ2n) is 1.79. The predicted molar refractivity (Wildman–Crippen MR) is 44.0 cm³/mol. The molecule has 1 aliphatic heterocycles. The van der Waals surface area contributed by atoms with Crippen LogP contribution in [-0.4, -0.2) is 33.7 Å². The molecule has 10 heavy (non-hydrogen) atoms. The van der Waals surface area contributed by atoms with Crippen LogP contribution in [0, 0.1) is 0 Å². The molecule has 0 saturated carbocycles. The molecule has 1 heterocycles. The summed E-state index contributed by atoms with van der Waals surface area (Å²) in [5, 5.41) is 0. The van der Waals surface area contributed by atoms with Crippen molar-refractivity contribution in [3.05, 3.63) is 0 Å². The molecule has 1 saturated heterocycles. The van der Waals surface area contributed by atoms with E-state index in [1.807, 2.05) is 6.26 Å². The van der Waals surface area contributed by atoms with Crippen LogP contribution >= 0.6 is 28.1 Å². The molecule has 0 bridgehead atoms. The van der Waals surface area contributed by atoms with Gasteiger partial charge in [-0.05, 0) is 11.9 Å². The second-order valence-corrected chi connectivity index (χ2v) is 3.45. The zero-order valence-corrected chi connectivity index (χ0v) is 7.91. The lowest BCUT2D eigenvalue weighted by molar-refractivity contribution is -0.129. The van der Waals surface area contributed by atoms with Gasteiger partial charge in [-0.25, -0.2) is 5.43 Å². The molecule has 0 aliphatic carbocycles. The third-order valence-corrected chi connectivity index (χ3v) is 2.43. The van der Waals surface area contributed by atoms with Crippen molar-refractivity contribution in [2.45, 2.75) is 0 Å². The Hall–Kier alpha value is 0.220. The maximum absolute atomic E-state index is 11.0. The van der Waals surface area contributed by atoms with Gasteiger partial charge in [0.1, 0.15) is 6.54 Å². The molecule has 1 rings (SSSR count). The largest absolute Gasteiger partial charge is 0.272 e. The van der Waals surface area contributed by atoms with E-state index in [0.29, 0.717) is 13.2 Å². The number of nitrogens with zero attached hydrogens (tertiary/aromatic N) is 2. The van der Waals surface area contributed by atoms with Crippen molar-refractivity contribution < 1.29 is 4.79 Å². The summed E-state index contributed by atoms with van der Waals surface area (Å²) in [6, 6.07) is 0. The Morgan fingerprint density at radius 3 is 3.00 bits per heavy atom. The van der Waals surface area contributed by atoms with Crippen molar-refractivity contribution >= 4 is 34.0 Å². The van der Waals surface area contributed by atoms with Crippen LogP contribution in [0.3, 0.4) is 0 Å². The topological polar surface area (TPSA) is 35.6 Å². The zero-order valence-electron chi connectivity index (χ0n) is 5.50. The lowest BCUT2D eigenvalue weighted by atomic mass is 10.6. The number of carbonyl (C=O) groups is 1. The van der Waals surface area contributed by atoms with Gasteiger partial charge in [0, 0.05) is 22.4 Å². The number of hydrogen-bond donors (Lipinski definition) is 1. The van der Waals surface area contributed by atoms with Crippen LogP contribution in [-0.2, 0) is 4.79 Å². The molecule has 0 radical (unpaired) electrons. The third kappa shape index (κ3) is 1.85. The van der Waals surface area contributed by atoms with Crippen LogP contribution in [0.5, 0.6) is 0 Å². The minimum atomic E-state index is 0.114. The third-order valence-electron chi connectivity index (χ3n) is 1.16. The number of hydrazine groups is 1. The quantitative estimate of drug-likeness (QED) is 0.511. The van der Waals surface area contributed by atoms with E-state index in [-0.39, 0.29) is 5.91 Å². The van der Waals surface area contributed by atoms with Gasteiger partial charge in [-0.15, -0.1) is 0 Å². The van der Waals surface area contributed by atoms with Gasteiger partial charge in [-0.1, -0.05) is 0 Å². The highest BCUT2D eigenvalue weighted by Gasteiger charge is 2.20. The fourth-order valence-corrected chi connectivity index (χ4v) is 1.42. The van der Waals surface area contributed by atoms with E-state index in [0.717, 1.165) is 0 Å². The Bertz CT molecular complexity index is 144. The Labute approximate surface area is 72.4 Å². The highest BCUT2D eigenvalue weighted by atomic mass is 79.9. The normalized spacial score (nSPS) is 21.8. The number of halogens is 1. The summed E-state index contributed by atoms with van der Waals surface area (Å²) in [7, 11) is 0. The van der Waals surface area contributed by atoms with Crippen molar-refractivity contribution in [2.75, 3.05) is 19.5 Å². The molecular formula is C4H8BrN3OS. The SMILES string of the molecule is CSN1CNN(Br)CC1=O. The van der Waals surface area contributed by atoms with Crippen LogP contribution in [0.1, 0.15) is 0 Å². The summed E-state index contributed by atoms with van der Waals surface area (Å²) in [4.78, 5) is 11.0. The number of nitrogens with one attached hydrogen (secondary N) is 1. The highest BCUT2D eigenvalue weighted by Crippen LogP contribution is 2.09. The smallest absolute Gasteiger partial charge is 0.250 e. The number of carbonyl (C=O) groups excluding carboxylic acids is 1. The monoisotopic (exact) mass is 225 g/mol. The number of rotatable bonds is 1. The van der Waals surface area contributed by atoms with E-state index >= 15 is 0 Å². The molecular weight excluding hydrogens is 218 g/mol. The van der Waals surface area contributed by atoms with Crippen LogP contribution < -0.4 is 5.43 Å². The molecule has 0 unspecified atom stereocenters. The molecule has 1 N–H and O–H groups in total. The minimum absolute atomic E-state index is 0.114. The molecule has 58 valence electrons. The molecule has 4 nitrogen and oxygen atoms in total. The van der Waals surface area contributed by atoms with Crippen molar-refractivity contribution in [1.29, 1.82) is 0 Å². The van der Waals surface area contributed by atoms with Gasteiger partial charge in [0.25, 0.3) is 0 Å². The Balaban J connectivity index is 2.43. The minimum Gasteiger partial charge on any atom is -0.272 e. The summed E-state index contributed by atoms with van der Waals surface area (Å²) >= 11 is 4.58. The second kappa shape index (κ2) is 3.56. The van der Waals surface area contributed by atoms with Crippen LogP contribution in [0.4, 0.5) is 0 Å². The molecule has 0 aromatic rings. The van der Waals surface area contributed by atoms with Crippen LogP contribution in [0.25, 0.3) is 0 Å². The molecule has 6 heteroatoms. The van der Waals surface area contributed by atoms with Crippen molar-refractivity contribution in [1.82, 2.24) is 13.8 Å². The molecule has 1 amide bonds. The summed E-state index contributed by atoms with van der Waals surface area (Å²) in [5.74, 6) is 0.114. The van der Waals surface area contributed by atoms with E-state index in [9.17, 15) is 4.79 Å². The Morgan fingerprint density at radius 1 is 1.80 bits per heavy atom. The van der Waals surface area contributed by atoms with Gasteiger partial charge in [0.2, 0.25) is 5.91 Å². The molecule has 0 aromatic heterocycles. The first kappa shape index (κ1) is 8.32. The summed E-state index contributed by atoms with van der Waals surface area (Å²) in [6.07, 6.45) is 1.88. The first-order chi connectivity index (χ1) is 4.74. The van der Waals surface area contributed by atoms with Gasteiger partial charge >= 0.3 is 0 Å². The van der Waals surface area contributed by atoms with Crippen LogP contribution in [0.15, 0.2) is 0 Å². The van der Waals surface area contributed by atoms with Gasteiger partial charge in [-0.3, -0.25) is 9.10 Å². The van der Waals surface area contributed by atoms with Gasteiger partial charge in [0.05, 0.1) is 6.67 Å². The maximum Gasteiger partial charge on any atom is 0.250 e. The van der Waals surface area contributed by atoms with E-state index in [1.54, 1.807) is 8.34 Å². The first-order valence-electron chi connectivity index (χ1n) is 2.75. The summed E-state index contributed by atoms with van der Waals surface area (Å²) < 4.78 is 3.26. The number of amides is 1. The van der Waals surface area contributed by atoms with Gasteiger partial charge < -0.3 is 0 Å². The van der Waals surface area contributed by atoms with E-state index in [1.165, 1.54) is 11.9 Å². The zero-order chi connectivity index (χ0) is 7.56. The molecule has 0 spiro atoms. The summed E-state index contributed by atoms with van der Waals surface area (Å²) in [6.45, 7) is 0.937. The standard InChI is InChI=1S/C4H8BrN3OS/c1-10-7-3-6-8(5)2-4(7)9/h6H,2-3H2,1H3. The molecule has 1 fully saturated rings. The molecule has 0 aromatic carbocycles. The summed E-state index contributed by atoms with van der Waals surface area (Å²) in [5.41, 5.74) is 2.95. The average Bonchev–Trinajstić information content (AvgIpc) is 1.88. The fraction of sp³-hybridized carbons (Fsp3) is 0.750. The van der Waals surface area contributed by atoms with Crippen LogP contribution in [0.2, 0.25) is 0 Å². The maximum atomic E-state index is 11.0. The van der Waals surface area contributed by atoms with E-state index in [4.69, 9.17) is 0 Å². The molecule has 1 aliphatic rings.